The average molecular weight is 192 g/mol. The molecule has 1 aromatic carbocycles. The molecule has 0 atom stereocenters. The summed E-state index contributed by atoms with van der Waals surface area (Å²) < 4.78 is 0. The van der Waals surface area contributed by atoms with E-state index in [9.17, 15) is 9.90 Å². The largest absolute Gasteiger partial charge is 0.506 e. The number of aromatic hydroxyl groups is 1. The van der Waals surface area contributed by atoms with Crippen LogP contribution in [0.4, 0.5) is 11.4 Å². The van der Waals surface area contributed by atoms with Gasteiger partial charge in [-0.05, 0) is 18.6 Å². The first kappa shape index (κ1) is 8.87. The Hall–Kier alpha value is -1.71. The van der Waals surface area contributed by atoms with E-state index < -0.39 is 0 Å². The van der Waals surface area contributed by atoms with Gasteiger partial charge in [0.05, 0.1) is 5.69 Å². The number of anilines is 2. The summed E-state index contributed by atoms with van der Waals surface area (Å²) in [6.07, 6.45) is 1.47. The molecular weight excluding hydrogens is 180 g/mol. The summed E-state index contributed by atoms with van der Waals surface area (Å²) in [5.74, 6) is 0.136. The number of carbonyl (C=O) groups is 1. The first-order valence-electron chi connectivity index (χ1n) is 4.57. The van der Waals surface area contributed by atoms with Gasteiger partial charge in [-0.15, -0.1) is 0 Å². The molecular formula is C10H12N2O2. The second-order valence-corrected chi connectivity index (χ2v) is 3.39. The van der Waals surface area contributed by atoms with Crippen molar-refractivity contribution >= 4 is 17.3 Å². The van der Waals surface area contributed by atoms with Gasteiger partial charge in [0.25, 0.3) is 0 Å². The van der Waals surface area contributed by atoms with E-state index in [0.29, 0.717) is 12.1 Å². The molecule has 0 bridgehead atoms. The number of hydrogen-bond donors (Lipinski definition) is 2. The van der Waals surface area contributed by atoms with Crippen molar-refractivity contribution in [2.75, 3.05) is 17.2 Å². The molecule has 14 heavy (non-hydrogen) atoms. The van der Waals surface area contributed by atoms with Crippen molar-refractivity contribution < 1.29 is 9.90 Å². The van der Waals surface area contributed by atoms with E-state index in [1.807, 2.05) is 0 Å². The molecule has 0 aromatic heterocycles. The number of nitrogens with two attached hydrogens (primary N) is 1. The summed E-state index contributed by atoms with van der Waals surface area (Å²) in [5.41, 5.74) is 6.52. The maximum Gasteiger partial charge on any atom is 0.227 e. The highest BCUT2D eigenvalue weighted by molar-refractivity contribution is 5.95. The second kappa shape index (κ2) is 3.21. The van der Waals surface area contributed by atoms with Crippen LogP contribution in [0.1, 0.15) is 12.8 Å². The molecule has 0 aliphatic carbocycles. The number of rotatable bonds is 1. The number of phenolic OH excluding ortho intramolecular Hbond substituents is 1. The number of phenols is 1. The third-order valence-corrected chi connectivity index (χ3v) is 2.40. The normalized spacial score (nSPS) is 16.3. The number of carbonyl (C=O) groups excluding carboxylic acids is 1. The summed E-state index contributed by atoms with van der Waals surface area (Å²) in [6.45, 7) is 0.724. The van der Waals surface area contributed by atoms with Crippen molar-refractivity contribution in [2.24, 2.45) is 0 Å². The van der Waals surface area contributed by atoms with Gasteiger partial charge >= 0.3 is 0 Å². The molecule has 1 saturated heterocycles. The predicted molar refractivity (Wildman–Crippen MR) is 54.1 cm³/mol. The lowest BCUT2D eigenvalue weighted by Crippen LogP contribution is -2.23. The topological polar surface area (TPSA) is 66.6 Å². The summed E-state index contributed by atoms with van der Waals surface area (Å²) in [7, 11) is 0. The molecule has 1 aliphatic heterocycles. The van der Waals surface area contributed by atoms with Crippen molar-refractivity contribution in [3.8, 4) is 5.75 Å². The van der Waals surface area contributed by atoms with E-state index in [2.05, 4.69) is 0 Å². The molecule has 4 heteroatoms. The highest BCUT2D eigenvalue weighted by atomic mass is 16.3. The van der Waals surface area contributed by atoms with Crippen LogP contribution < -0.4 is 10.6 Å². The molecule has 4 nitrogen and oxygen atoms in total. The Morgan fingerprint density at radius 3 is 2.79 bits per heavy atom. The molecule has 0 radical (unpaired) electrons. The number of benzene rings is 1. The minimum absolute atomic E-state index is 0.0298. The second-order valence-electron chi connectivity index (χ2n) is 3.39. The summed E-state index contributed by atoms with van der Waals surface area (Å²) >= 11 is 0. The zero-order valence-electron chi connectivity index (χ0n) is 7.73. The standard InChI is InChI=1S/C10H12N2O2/c11-8-4-3-7(6-9(8)13)12-5-1-2-10(12)14/h3-4,6,13H,1-2,5,11H2. The van der Waals surface area contributed by atoms with Crippen molar-refractivity contribution in [1.82, 2.24) is 0 Å². The van der Waals surface area contributed by atoms with Gasteiger partial charge < -0.3 is 15.7 Å². The molecule has 0 unspecified atom stereocenters. The van der Waals surface area contributed by atoms with E-state index in [0.717, 1.165) is 18.7 Å². The highest BCUT2D eigenvalue weighted by Crippen LogP contribution is 2.28. The van der Waals surface area contributed by atoms with Crippen molar-refractivity contribution in [1.29, 1.82) is 0 Å². The maximum absolute atomic E-state index is 11.4. The minimum atomic E-state index is 0.0298. The lowest BCUT2D eigenvalue weighted by molar-refractivity contribution is -0.117. The van der Waals surface area contributed by atoms with Gasteiger partial charge in [0.15, 0.2) is 0 Å². The summed E-state index contributed by atoms with van der Waals surface area (Å²) in [6, 6.07) is 4.88. The molecule has 2 rings (SSSR count). The smallest absolute Gasteiger partial charge is 0.227 e. The van der Waals surface area contributed by atoms with Gasteiger partial charge in [0.1, 0.15) is 5.75 Å². The fourth-order valence-electron chi connectivity index (χ4n) is 1.62. The summed E-state index contributed by atoms with van der Waals surface area (Å²) in [4.78, 5) is 13.0. The number of nitrogens with zero attached hydrogens (tertiary/aromatic N) is 1. The fraction of sp³-hybridized carbons (Fsp3) is 0.300. The fourth-order valence-corrected chi connectivity index (χ4v) is 1.62. The molecule has 1 amide bonds. The van der Waals surface area contributed by atoms with Crippen molar-refractivity contribution in [2.45, 2.75) is 12.8 Å². The number of hydrogen-bond acceptors (Lipinski definition) is 3. The Kier molecular flexibility index (Phi) is 2.04. The van der Waals surface area contributed by atoms with Gasteiger partial charge in [-0.25, -0.2) is 0 Å². The van der Waals surface area contributed by atoms with Crippen LogP contribution >= 0.6 is 0 Å². The minimum Gasteiger partial charge on any atom is -0.506 e. The quantitative estimate of drug-likeness (QED) is 0.517. The predicted octanol–water partition coefficient (Wildman–Crippen LogP) is 1.10. The molecule has 1 heterocycles. The Morgan fingerprint density at radius 2 is 2.21 bits per heavy atom. The van der Waals surface area contributed by atoms with Crippen molar-refractivity contribution in [3.05, 3.63) is 18.2 Å². The van der Waals surface area contributed by atoms with Gasteiger partial charge in [-0.2, -0.15) is 0 Å². The third kappa shape index (κ3) is 1.39. The summed E-state index contributed by atoms with van der Waals surface area (Å²) in [5, 5.41) is 9.38. The van der Waals surface area contributed by atoms with E-state index in [1.165, 1.54) is 6.07 Å². The monoisotopic (exact) mass is 192 g/mol. The lowest BCUT2D eigenvalue weighted by atomic mass is 10.2. The number of amides is 1. The van der Waals surface area contributed by atoms with Crippen LogP contribution in [0, 0.1) is 0 Å². The molecule has 0 saturated carbocycles. The molecule has 1 aromatic rings. The Bertz CT molecular complexity index is 376. The SMILES string of the molecule is Nc1ccc(N2CCCC2=O)cc1O. The molecule has 1 aliphatic rings. The van der Waals surface area contributed by atoms with Crippen molar-refractivity contribution in [3.63, 3.8) is 0 Å². The number of nitrogen functional groups attached to an aromatic ring is 1. The zero-order chi connectivity index (χ0) is 10.1. The zero-order valence-corrected chi connectivity index (χ0v) is 7.73. The van der Waals surface area contributed by atoms with Gasteiger partial charge in [0.2, 0.25) is 5.91 Å². The van der Waals surface area contributed by atoms with Crippen LogP contribution in [0.5, 0.6) is 5.75 Å². The van der Waals surface area contributed by atoms with E-state index in [4.69, 9.17) is 5.73 Å². The first-order valence-corrected chi connectivity index (χ1v) is 4.57. The Morgan fingerprint density at radius 1 is 1.43 bits per heavy atom. The van der Waals surface area contributed by atoms with E-state index >= 15 is 0 Å². The average Bonchev–Trinajstić information content (AvgIpc) is 2.57. The van der Waals surface area contributed by atoms with Crippen LogP contribution in [0.3, 0.4) is 0 Å². The van der Waals surface area contributed by atoms with Crippen LogP contribution in [-0.4, -0.2) is 17.6 Å². The lowest BCUT2D eigenvalue weighted by Gasteiger charge is -2.16. The Labute approximate surface area is 81.9 Å². The molecule has 74 valence electrons. The van der Waals surface area contributed by atoms with Gasteiger partial charge in [-0.3, -0.25) is 4.79 Å². The van der Waals surface area contributed by atoms with Crippen LogP contribution in [0.25, 0.3) is 0 Å². The van der Waals surface area contributed by atoms with E-state index in [-0.39, 0.29) is 11.7 Å². The van der Waals surface area contributed by atoms with Gasteiger partial charge in [-0.1, -0.05) is 0 Å². The maximum atomic E-state index is 11.4. The van der Waals surface area contributed by atoms with Crippen LogP contribution in [0.15, 0.2) is 18.2 Å². The van der Waals surface area contributed by atoms with Crippen LogP contribution in [-0.2, 0) is 4.79 Å². The molecule has 3 N–H and O–H groups in total. The van der Waals surface area contributed by atoms with Crippen LogP contribution in [0.2, 0.25) is 0 Å². The highest BCUT2D eigenvalue weighted by Gasteiger charge is 2.21. The molecule has 0 spiro atoms. The Balaban J connectivity index is 2.32. The first-order chi connectivity index (χ1) is 6.68. The van der Waals surface area contributed by atoms with E-state index in [1.54, 1.807) is 17.0 Å². The molecule has 1 fully saturated rings. The third-order valence-electron chi connectivity index (χ3n) is 2.40. The van der Waals surface area contributed by atoms with Gasteiger partial charge in [0, 0.05) is 24.7 Å².